The molecule has 16 heavy (non-hydrogen) atoms. The summed E-state index contributed by atoms with van der Waals surface area (Å²) in [4.78, 5) is 0. The van der Waals surface area contributed by atoms with Crippen molar-refractivity contribution >= 4 is 21.6 Å². The Morgan fingerprint density at radius 3 is 2.62 bits per heavy atom. The Hall–Kier alpha value is -0.750. The van der Waals surface area contributed by atoms with E-state index in [1.807, 2.05) is 0 Å². The third-order valence-electron chi connectivity index (χ3n) is 1.91. The summed E-state index contributed by atoms with van der Waals surface area (Å²) in [5.41, 5.74) is -0.620. The second kappa shape index (κ2) is 5.54. The van der Waals surface area contributed by atoms with Crippen molar-refractivity contribution in [3.8, 4) is 0 Å². The number of ether oxygens (including phenoxy) is 1. The zero-order chi connectivity index (χ0) is 12.2. The van der Waals surface area contributed by atoms with Gasteiger partial charge in [-0.15, -0.1) is 0 Å². The average Bonchev–Trinajstić information content (AvgIpc) is 2.19. The van der Waals surface area contributed by atoms with Gasteiger partial charge in [-0.2, -0.15) is 13.2 Å². The molecule has 0 heterocycles. The lowest BCUT2D eigenvalue weighted by Crippen LogP contribution is -2.13. The zero-order valence-corrected chi connectivity index (χ0v) is 10.2. The third kappa shape index (κ3) is 3.68. The van der Waals surface area contributed by atoms with Crippen LogP contribution in [0.2, 0.25) is 0 Å². The number of nitrogens with one attached hydrogen (secondary N) is 1. The molecule has 1 aromatic rings. The highest BCUT2D eigenvalue weighted by Crippen LogP contribution is 2.36. The van der Waals surface area contributed by atoms with Gasteiger partial charge in [0, 0.05) is 23.8 Å². The maximum atomic E-state index is 12.6. The summed E-state index contributed by atoms with van der Waals surface area (Å²) >= 11 is 3.02. The molecular weight excluding hydrogens is 287 g/mol. The fourth-order valence-electron chi connectivity index (χ4n) is 1.19. The minimum absolute atomic E-state index is 0.0627. The lowest BCUT2D eigenvalue weighted by molar-refractivity contribution is -0.137. The van der Waals surface area contributed by atoms with Gasteiger partial charge in [0.25, 0.3) is 0 Å². The third-order valence-corrected chi connectivity index (χ3v) is 2.40. The fraction of sp³-hybridized carbons (Fsp3) is 0.400. The summed E-state index contributed by atoms with van der Waals surface area (Å²) in [6.45, 7) is 0.689. The van der Waals surface area contributed by atoms with E-state index in [-0.39, 0.29) is 5.69 Å². The molecule has 1 aromatic carbocycles. The topological polar surface area (TPSA) is 21.3 Å². The van der Waals surface area contributed by atoms with Crippen LogP contribution in [0, 0.1) is 0 Å². The first-order valence-corrected chi connectivity index (χ1v) is 5.34. The summed E-state index contributed by atoms with van der Waals surface area (Å²) in [5, 5.41) is 2.68. The first-order valence-electron chi connectivity index (χ1n) is 4.54. The van der Waals surface area contributed by atoms with Crippen LogP contribution in [-0.4, -0.2) is 20.3 Å². The van der Waals surface area contributed by atoms with Crippen molar-refractivity contribution in [1.29, 1.82) is 0 Å². The Morgan fingerprint density at radius 1 is 1.38 bits per heavy atom. The Labute approximate surface area is 99.9 Å². The predicted molar refractivity (Wildman–Crippen MR) is 59.5 cm³/mol. The molecule has 0 atom stereocenters. The van der Waals surface area contributed by atoms with Crippen LogP contribution in [0.1, 0.15) is 5.56 Å². The normalized spacial score (nSPS) is 11.6. The van der Waals surface area contributed by atoms with Gasteiger partial charge in [0.15, 0.2) is 0 Å². The van der Waals surface area contributed by atoms with Crippen LogP contribution in [0.3, 0.4) is 0 Å². The number of hydrogen-bond acceptors (Lipinski definition) is 2. The van der Waals surface area contributed by atoms with E-state index in [1.54, 1.807) is 6.07 Å². The lowest BCUT2D eigenvalue weighted by atomic mass is 10.1. The molecule has 0 radical (unpaired) electrons. The molecule has 0 amide bonds. The van der Waals surface area contributed by atoms with Gasteiger partial charge < -0.3 is 10.1 Å². The molecule has 0 aromatic heterocycles. The number of alkyl halides is 3. The van der Waals surface area contributed by atoms with Crippen molar-refractivity contribution in [2.45, 2.75) is 6.18 Å². The summed E-state index contributed by atoms with van der Waals surface area (Å²) < 4.78 is 43.1. The molecule has 6 heteroatoms. The summed E-state index contributed by atoms with van der Waals surface area (Å²) in [6, 6.07) is 4.00. The van der Waals surface area contributed by atoms with Crippen molar-refractivity contribution in [2.24, 2.45) is 0 Å². The van der Waals surface area contributed by atoms with E-state index in [9.17, 15) is 13.2 Å². The number of hydrogen-bond donors (Lipinski definition) is 1. The highest BCUT2D eigenvalue weighted by atomic mass is 79.9. The van der Waals surface area contributed by atoms with Crippen molar-refractivity contribution in [1.82, 2.24) is 0 Å². The summed E-state index contributed by atoms with van der Waals surface area (Å²) in [6.07, 6.45) is -4.36. The molecule has 0 saturated heterocycles. The van der Waals surface area contributed by atoms with Crippen LogP contribution in [0.15, 0.2) is 22.7 Å². The van der Waals surface area contributed by atoms with Gasteiger partial charge >= 0.3 is 6.18 Å². The maximum absolute atomic E-state index is 12.6. The van der Waals surface area contributed by atoms with E-state index >= 15 is 0 Å². The maximum Gasteiger partial charge on any atom is 0.418 e. The SMILES string of the molecule is COCCNc1ccc(Br)cc1C(F)(F)F. The molecule has 2 nitrogen and oxygen atoms in total. The zero-order valence-electron chi connectivity index (χ0n) is 8.57. The van der Waals surface area contributed by atoms with E-state index in [0.717, 1.165) is 6.07 Å². The minimum Gasteiger partial charge on any atom is -0.383 e. The van der Waals surface area contributed by atoms with Crippen LogP contribution in [0.25, 0.3) is 0 Å². The smallest absolute Gasteiger partial charge is 0.383 e. The number of methoxy groups -OCH3 is 1. The lowest BCUT2D eigenvalue weighted by Gasteiger charge is -2.14. The Balaban J connectivity index is 2.90. The molecule has 0 fully saturated rings. The average molecular weight is 298 g/mol. The molecule has 0 spiro atoms. The Kier molecular flexibility index (Phi) is 4.61. The second-order valence-corrected chi connectivity index (χ2v) is 4.02. The second-order valence-electron chi connectivity index (χ2n) is 3.11. The number of halogens is 4. The van der Waals surface area contributed by atoms with Crippen LogP contribution >= 0.6 is 15.9 Å². The molecule has 0 aliphatic rings. The first kappa shape index (κ1) is 13.3. The van der Waals surface area contributed by atoms with Gasteiger partial charge in [-0.25, -0.2) is 0 Å². The van der Waals surface area contributed by atoms with Gasteiger partial charge in [0.1, 0.15) is 0 Å². The number of rotatable bonds is 4. The Morgan fingerprint density at radius 2 is 2.06 bits per heavy atom. The van der Waals surface area contributed by atoms with Crippen LogP contribution in [0.5, 0.6) is 0 Å². The van der Waals surface area contributed by atoms with E-state index in [1.165, 1.54) is 13.2 Å². The van der Waals surface area contributed by atoms with Crippen molar-refractivity contribution in [3.63, 3.8) is 0 Å². The van der Waals surface area contributed by atoms with Gasteiger partial charge in [-0.1, -0.05) is 15.9 Å². The molecule has 1 N–H and O–H groups in total. The summed E-state index contributed by atoms with van der Waals surface area (Å²) in [5.74, 6) is 0. The van der Waals surface area contributed by atoms with E-state index in [2.05, 4.69) is 21.2 Å². The quantitative estimate of drug-likeness (QED) is 0.859. The van der Waals surface area contributed by atoms with Crippen molar-refractivity contribution < 1.29 is 17.9 Å². The highest BCUT2D eigenvalue weighted by Gasteiger charge is 2.33. The molecule has 1 rings (SSSR count). The molecule has 90 valence electrons. The van der Waals surface area contributed by atoms with E-state index in [4.69, 9.17) is 4.74 Å². The fourth-order valence-corrected chi connectivity index (χ4v) is 1.55. The van der Waals surface area contributed by atoms with Crippen LogP contribution in [-0.2, 0) is 10.9 Å². The molecule has 0 saturated carbocycles. The summed E-state index contributed by atoms with van der Waals surface area (Å²) in [7, 11) is 1.49. The Bertz CT molecular complexity index is 354. The molecule has 0 aliphatic carbocycles. The predicted octanol–water partition coefficient (Wildman–Crippen LogP) is 3.53. The van der Waals surface area contributed by atoms with Crippen LogP contribution < -0.4 is 5.32 Å². The van der Waals surface area contributed by atoms with E-state index < -0.39 is 11.7 Å². The molecular formula is C10H11BrF3NO. The number of benzene rings is 1. The largest absolute Gasteiger partial charge is 0.418 e. The molecule has 0 aliphatic heterocycles. The minimum atomic E-state index is -4.36. The standard InChI is InChI=1S/C10H11BrF3NO/c1-16-5-4-15-9-3-2-7(11)6-8(9)10(12,13)14/h2-3,6,15H,4-5H2,1H3. The van der Waals surface area contributed by atoms with Crippen molar-refractivity contribution in [3.05, 3.63) is 28.2 Å². The molecule has 0 unspecified atom stereocenters. The molecule has 0 bridgehead atoms. The highest BCUT2D eigenvalue weighted by molar-refractivity contribution is 9.10. The van der Waals surface area contributed by atoms with Gasteiger partial charge in [-0.05, 0) is 18.2 Å². The van der Waals surface area contributed by atoms with Gasteiger partial charge in [-0.3, -0.25) is 0 Å². The van der Waals surface area contributed by atoms with Crippen molar-refractivity contribution in [2.75, 3.05) is 25.6 Å². The van der Waals surface area contributed by atoms with E-state index in [0.29, 0.717) is 17.6 Å². The van der Waals surface area contributed by atoms with Crippen LogP contribution in [0.4, 0.5) is 18.9 Å². The number of anilines is 1. The van der Waals surface area contributed by atoms with Gasteiger partial charge in [0.2, 0.25) is 0 Å². The first-order chi connectivity index (χ1) is 7.45. The van der Waals surface area contributed by atoms with Gasteiger partial charge in [0.05, 0.1) is 12.2 Å². The monoisotopic (exact) mass is 297 g/mol.